The van der Waals surface area contributed by atoms with Crippen LogP contribution in [0.4, 0.5) is 4.79 Å². The Bertz CT molecular complexity index is 375. The minimum atomic E-state index is -1.12. The summed E-state index contributed by atoms with van der Waals surface area (Å²) in [7, 11) is 0. The molecule has 1 amide bonds. The van der Waals surface area contributed by atoms with Crippen LogP contribution in [0.2, 0.25) is 0 Å². The summed E-state index contributed by atoms with van der Waals surface area (Å²) in [5.41, 5.74) is 0.627. The lowest BCUT2D eigenvalue weighted by Gasteiger charge is -2.15. The minimum absolute atomic E-state index is 0.128. The largest absolute Gasteiger partial charge is 0.480 e. The molecule has 0 saturated heterocycles. The number of aromatic nitrogens is 2. The molecule has 0 radical (unpaired) electrons. The number of imidazole rings is 1. The number of alkyl carbamates (subject to hydrolysis) is 1. The zero-order chi connectivity index (χ0) is 12.8. The normalized spacial score (nSPS) is 12.2. The van der Waals surface area contributed by atoms with Crippen molar-refractivity contribution in [3.05, 3.63) is 18.2 Å². The van der Waals surface area contributed by atoms with Crippen molar-refractivity contribution >= 4 is 12.1 Å². The van der Waals surface area contributed by atoms with E-state index >= 15 is 0 Å². The third kappa shape index (κ3) is 4.54. The number of nitrogens with one attached hydrogen (secondary N) is 2. The van der Waals surface area contributed by atoms with Gasteiger partial charge >= 0.3 is 12.1 Å². The fourth-order valence-corrected chi connectivity index (χ4v) is 1.21. The number of carboxylic acid groups (broad SMARTS) is 1. The van der Waals surface area contributed by atoms with E-state index in [4.69, 9.17) is 9.84 Å². The Hall–Kier alpha value is -2.05. The molecule has 0 fully saturated rings. The molecular weight excluding hydrogens is 226 g/mol. The van der Waals surface area contributed by atoms with Crippen molar-refractivity contribution in [2.24, 2.45) is 0 Å². The second-order valence-electron chi connectivity index (χ2n) is 3.77. The standard InChI is InChI=1S/C10H15N3O4/c1-6(2)17-10(16)13-8(9(14)15)3-7-4-11-5-12-7/h4-6,8H,3H2,1-2H3,(H,11,12)(H,13,16)(H,14,15)/t8-/m1/s1. The zero-order valence-electron chi connectivity index (χ0n) is 9.64. The first-order chi connectivity index (χ1) is 7.99. The number of hydrogen-bond donors (Lipinski definition) is 3. The number of hydrogen-bond acceptors (Lipinski definition) is 4. The minimum Gasteiger partial charge on any atom is -0.480 e. The van der Waals surface area contributed by atoms with Gasteiger partial charge in [-0.15, -0.1) is 0 Å². The van der Waals surface area contributed by atoms with Crippen LogP contribution in [0.5, 0.6) is 0 Å². The molecule has 0 aliphatic rings. The molecule has 1 aromatic rings. The fourth-order valence-electron chi connectivity index (χ4n) is 1.21. The molecule has 7 heteroatoms. The summed E-state index contributed by atoms with van der Waals surface area (Å²) in [6.45, 7) is 3.37. The van der Waals surface area contributed by atoms with E-state index < -0.39 is 18.1 Å². The predicted molar refractivity (Wildman–Crippen MR) is 58.5 cm³/mol. The molecule has 1 rings (SSSR count). The average molecular weight is 241 g/mol. The van der Waals surface area contributed by atoms with Gasteiger partial charge in [0.2, 0.25) is 0 Å². The molecule has 0 bridgehead atoms. The van der Waals surface area contributed by atoms with E-state index in [9.17, 15) is 9.59 Å². The molecule has 7 nitrogen and oxygen atoms in total. The highest BCUT2D eigenvalue weighted by Crippen LogP contribution is 2.00. The summed E-state index contributed by atoms with van der Waals surface area (Å²) in [5, 5.41) is 11.2. The van der Waals surface area contributed by atoms with Gasteiger partial charge in [-0.3, -0.25) is 0 Å². The number of carboxylic acids is 1. The Balaban J connectivity index is 2.55. The lowest BCUT2D eigenvalue weighted by Crippen LogP contribution is -2.43. The van der Waals surface area contributed by atoms with Crippen LogP contribution in [0.3, 0.4) is 0 Å². The van der Waals surface area contributed by atoms with E-state index in [1.807, 2.05) is 0 Å². The third-order valence-electron chi connectivity index (χ3n) is 1.91. The topological polar surface area (TPSA) is 104 Å². The molecule has 0 aliphatic carbocycles. The van der Waals surface area contributed by atoms with E-state index in [2.05, 4.69) is 15.3 Å². The van der Waals surface area contributed by atoms with E-state index in [0.717, 1.165) is 0 Å². The summed E-state index contributed by atoms with van der Waals surface area (Å²) in [6, 6.07) is -1.04. The van der Waals surface area contributed by atoms with Crippen molar-refractivity contribution in [2.75, 3.05) is 0 Å². The molecule has 3 N–H and O–H groups in total. The van der Waals surface area contributed by atoms with Gasteiger partial charge < -0.3 is 20.1 Å². The molecule has 1 aromatic heterocycles. The van der Waals surface area contributed by atoms with Gasteiger partial charge in [-0.1, -0.05) is 0 Å². The molecule has 0 aliphatic heterocycles. The van der Waals surface area contributed by atoms with Crippen LogP contribution in [0.15, 0.2) is 12.5 Å². The molecule has 0 aromatic carbocycles. The van der Waals surface area contributed by atoms with E-state index in [1.54, 1.807) is 13.8 Å². The van der Waals surface area contributed by atoms with Gasteiger partial charge in [0.25, 0.3) is 0 Å². The van der Waals surface area contributed by atoms with Crippen molar-refractivity contribution in [3.8, 4) is 0 Å². The molecule has 0 unspecified atom stereocenters. The second-order valence-corrected chi connectivity index (χ2v) is 3.77. The van der Waals surface area contributed by atoms with E-state index in [1.165, 1.54) is 12.5 Å². The number of aliphatic carboxylic acids is 1. The predicted octanol–water partition coefficient (Wildman–Crippen LogP) is 0.540. The summed E-state index contributed by atoms with van der Waals surface area (Å²) in [5.74, 6) is -1.12. The van der Waals surface area contributed by atoms with Crippen LogP contribution in [0, 0.1) is 0 Å². The highest BCUT2D eigenvalue weighted by Gasteiger charge is 2.22. The number of amides is 1. The van der Waals surface area contributed by atoms with Crippen LogP contribution >= 0.6 is 0 Å². The molecular formula is C10H15N3O4. The summed E-state index contributed by atoms with van der Waals surface area (Å²) >= 11 is 0. The quantitative estimate of drug-likeness (QED) is 0.697. The van der Waals surface area contributed by atoms with Gasteiger partial charge in [0, 0.05) is 18.3 Å². The Labute approximate surface area is 98.2 Å². The molecule has 94 valence electrons. The van der Waals surface area contributed by atoms with Gasteiger partial charge in [-0.05, 0) is 13.8 Å². The monoisotopic (exact) mass is 241 g/mol. The van der Waals surface area contributed by atoms with Crippen LogP contribution in [0.25, 0.3) is 0 Å². The Morgan fingerprint density at radius 3 is 2.76 bits per heavy atom. The first-order valence-electron chi connectivity index (χ1n) is 5.16. The number of rotatable bonds is 5. The van der Waals surface area contributed by atoms with Crippen molar-refractivity contribution in [3.63, 3.8) is 0 Å². The highest BCUT2D eigenvalue weighted by molar-refractivity contribution is 5.80. The highest BCUT2D eigenvalue weighted by atomic mass is 16.6. The fraction of sp³-hybridized carbons (Fsp3) is 0.500. The maximum absolute atomic E-state index is 11.3. The number of carbonyl (C=O) groups excluding carboxylic acids is 1. The Kier molecular flexibility index (Phi) is 4.50. The average Bonchev–Trinajstić information content (AvgIpc) is 2.67. The number of carbonyl (C=O) groups is 2. The third-order valence-corrected chi connectivity index (χ3v) is 1.91. The van der Waals surface area contributed by atoms with Crippen LogP contribution in [-0.4, -0.2) is 39.3 Å². The lowest BCUT2D eigenvalue weighted by molar-refractivity contribution is -0.139. The van der Waals surface area contributed by atoms with Gasteiger partial charge in [-0.25, -0.2) is 14.6 Å². The molecule has 0 spiro atoms. The smallest absolute Gasteiger partial charge is 0.408 e. The lowest BCUT2D eigenvalue weighted by atomic mass is 10.2. The van der Waals surface area contributed by atoms with E-state index in [0.29, 0.717) is 5.69 Å². The van der Waals surface area contributed by atoms with Crippen LogP contribution in [0.1, 0.15) is 19.5 Å². The SMILES string of the molecule is CC(C)OC(=O)N[C@H](Cc1cnc[nH]1)C(=O)O. The maximum atomic E-state index is 11.3. The van der Waals surface area contributed by atoms with Crippen LogP contribution in [-0.2, 0) is 16.0 Å². The Morgan fingerprint density at radius 2 is 2.29 bits per heavy atom. The zero-order valence-corrected chi connectivity index (χ0v) is 9.64. The van der Waals surface area contributed by atoms with E-state index in [-0.39, 0.29) is 12.5 Å². The number of ether oxygens (including phenoxy) is 1. The van der Waals surface area contributed by atoms with Crippen molar-refractivity contribution in [2.45, 2.75) is 32.4 Å². The summed E-state index contributed by atoms with van der Waals surface area (Å²) in [4.78, 5) is 28.8. The van der Waals surface area contributed by atoms with Crippen molar-refractivity contribution in [1.29, 1.82) is 0 Å². The summed E-state index contributed by atoms with van der Waals surface area (Å²) < 4.78 is 4.81. The van der Waals surface area contributed by atoms with Gasteiger partial charge in [0.1, 0.15) is 6.04 Å². The van der Waals surface area contributed by atoms with Crippen molar-refractivity contribution in [1.82, 2.24) is 15.3 Å². The number of aromatic amines is 1. The molecule has 0 saturated carbocycles. The second kappa shape index (κ2) is 5.88. The molecule has 1 atom stereocenters. The van der Waals surface area contributed by atoms with Crippen molar-refractivity contribution < 1.29 is 19.4 Å². The van der Waals surface area contributed by atoms with Gasteiger partial charge in [0.15, 0.2) is 0 Å². The van der Waals surface area contributed by atoms with Gasteiger partial charge in [0.05, 0.1) is 12.4 Å². The first kappa shape index (κ1) is 13.0. The summed E-state index contributed by atoms with van der Waals surface area (Å²) in [6.07, 6.45) is 2.04. The number of nitrogens with zero attached hydrogens (tertiary/aromatic N) is 1. The van der Waals surface area contributed by atoms with Gasteiger partial charge in [-0.2, -0.15) is 0 Å². The maximum Gasteiger partial charge on any atom is 0.408 e. The Morgan fingerprint density at radius 1 is 1.59 bits per heavy atom. The first-order valence-corrected chi connectivity index (χ1v) is 5.16. The molecule has 17 heavy (non-hydrogen) atoms. The number of H-pyrrole nitrogens is 1. The molecule has 1 heterocycles. The van der Waals surface area contributed by atoms with Crippen LogP contribution < -0.4 is 5.32 Å².